The second-order valence-electron chi connectivity index (χ2n) is 6.45. The van der Waals surface area contributed by atoms with Gasteiger partial charge in [0, 0.05) is 6.54 Å². The number of likely N-dealkylation sites (tertiary alicyclic amines) is 1. The topological polar surface area (TPSA) is 94.2 Å². The van der Waals surface area contributed by atoms with Crippen molar-refractivity contribution in [2.24, 2.45) is 0 Å². The lowest BCUT2D eigenvalue weighted by molar-refractivity contribution is -0.125. The van der Waals surface area contributed by atoms with Crippen molar-refractivity contribution in [3.63, 3.8) is 0 Å². The molecule has 1 aliphatic rings. The molecule has 1 unspecified atom stereocenters. The molecule has 1 aliphatic heterocycles. The van der Waals surface area contributed by atoms with Crippen molar-refractivity contribution in [1.29, 1.82) is 0 Å². The third-order valence-corrected chi connectivity index (χ3v) is 6.75. The number of hydrogen-bond acceptors (Lipinski definition) is 6. The molecule has 0 saturated carbocycles. The minimum atomic E-state index is -3.47. The van der Waals surface area contributed by atoms with Crippen LogP contribution in [-0.2, 0) is 29.8 Å². The lowest BCUT2D eigenvalue weighted by Gasteiger charge is -2.27. The van der Waals surface area contributed by atoms with Crippen molar-refractivity contribution < 1.29 is 27.9 Å². The number of ether oxygens (including phenoxy) is 1. The highest BCUT2D eigenvalue weighted by molar-refractivity contribution is 7.54. The zero-order valence-electron chi connectivity index (χ0n) is 16.6. The second kappa shape index (κ2) is 10.6. The molecule has 0 bridgehead atoms. The molecule has 0 radical (unpaired) electrons. The van der Waals surface area contributed by atoms with E-state index in [-0.39, 0.29) is 25.7 Å². The van der Waals surface area contributed by atoms with Crippen molar-refractivity contribution in [2.75, 3.05) is 19.8 Å². The number of rotatable bonds is 9. The molecule has 9 heteroatoms. The molecule has 0 aliphatic carbocycles. The minimum Gasteiger partial charge on any atom is -0.445 e. The predicted octanol–water partition coefficient (Wildman–Crippen LogP) is 3.52. The molecule has 0 spiro atoms. The van der Waals surface area contributed by atoms with Crippen molar-refractivity contribution in [2.45, 2.75) is 52.0 Å². The highest BCUT2D eigenvalue weighted by atomic mass is 31.2. The molecule has 28 heavy (non-hydrogen) atoms. The fraction of sp³-hybridized carbons (Fsp3) is 0.579. The summed E-state index contributed by atoms with van der Waals surface area (Å²) in [5.41, 5.74) is 0.874. The first-order chi connectivity index (χ1) is 13.4. The fourth-order valence-electron chi connectivity index (χ4n) is 3.06. The SMILES string of the molecule is CCOP(=O)(OCC)C(C)NC(=O)[C@@H]1CCCN1C(=O)OCc1ccccc1. The Balaban J connectivity index is 1.95. The summed E-state index contributed by atoms with van der Waals surface area (Å²) in [6.07, 6.45) is 0.681. The van der Waals surface area contributed by atoms with Crippen LogP contribution >= 0.6 is 7.60 Å². The zero-order chi connectivity index (χ0) is 20.6. The van der Waals surface area contributed by atoms with Gasteiger partial charge in [-0.25, -0.2) is 4.79 Å². The van der Waals surface area contributed by atoms with Crippen LogP contribution in [0.3, 0.4) is 0 Å². The lowest BCUT2D eigenvalue weighted by Crippen LogP contribution is -2.48. The van der Waals surface area contributed by atoms with Gasteiger partial charge in [-0.15, -0.1) is 0 Å². The first-order valence-electron chi connectivity index (χ1n) is 9.57. The first kappa shape index (κ1) is 22.4. The van der Waals surface area contributed by atoms with Crippen LogP contribution in [-0.4, -0.2) is 48.5 Å². The van der Waals surface area contributed by atoms with Crippen molar-refractivity contribution in [3.8, 4) is 0 Å². The molecular weight excluding hydrogens is 383 g/mol. The van der Waals surface area contributed by atoms with Gasteiger partial charge >= 0.3 is 13.7 Å². The number of carbonyl (C=O) groups is 2. The van der Waals surface area contributed by atoms with Gasteiger partial charge in [0.05, 0.1) is 13.2 Å². The normalized spacial score (nSPS) is 18.0. The van der Waals surface area contributed by atoms with Gasteiger partial charge in [0.25, 0.3) is 0 Å². The summed E-state index contributed by atoms with van der Waals surface area (Å²) in [5, 5.41) is 2.69. The van der Waals surface area contributed by atoms with Crippen LogP contribution in [0.25, 0.3) is 0 Å². The van der Waals surface area contributed by atoms with Gasteiger partial charge in [0.2, 0.25) is 5.91 Å². The second-order valence-corrected chi connectivity index (χ2v) is 8.82. The average molecular weight is 412 g/mol. The van der Waals surface area contributed by atoms with Crippen molar-refractivity contribution in [3.05, 3.63) is 35.9 Å². The highest BCUT2D eigenvalue weighted by Crippen LogP contribution is 2.51. The summed E-state index contributed by atoms with van der Waals surface area (Å²) in [5.74, 6) is -1.20. The lowest BCUT2D eigenvalue weighted by atomic mass is 10.2. The summed E-state index contributed by atoms with van der Waals surface area (Å²) in [7, 11) is -3.47. The molecular formula is C19H29N2O6P. The van der Waals surface area contributed by atoms with Gasteiger partial charge in [0.15, 0.2) is 0 Å². The number of benzene rings is 1. The molecule has 8 nitrogen and oxygen atoms in total. The van der Waals surface area contributed by atoms with E-state index in [9.17, 15) is 14.2 Å². The number of amides is 2. The molecule has 156 valence electrons. The molecule has 1 N–H and O–H groups in total. The zero-order valence-corrected chi connectivity index (χ0v) is 17.5. The molecule has 2 amide bonds. The van der Waals surface area contributed by atoms with Gasteiger partial charge in [-0.05, 0) is 39.2 Å². The summed E-state index contributed by atoms with van der Waals surface area (Å²) in [6, 6.07) is 8.68. The molecule has 2 atom stereocenters. The summed E-state index contributed by atoms with van der Waals surface area (Å²) in [4.78, 5) is 26.6. The van der Waals surface area contributed by atoms with E-state index in [0.717, 1.165) is 5.56 Å². The van der Waals surface area contributed by atoms with E-state index in [1.807, 2.05) is 30.3 Å². The molecule has 1 aromatic carbocycles. The maximum absolute atomic E-state index is 12.8. The maximum atomic E-state index is 12.8. The molecule has 1 saturated heterocycles. The minimum absolute atomic E-state index is 0.144. The number of carbonyl (C=O) groups excluding carboxylic acids is 2. The fourth-order valence-corrected chi connectivity index (χ4v) is 4.59. The van der Waals surface area contributed by atoms with Crippen LogP contribution in [0.2, 0.25) is 0 Å². The van der Waals surface area contributed by atoms with Gasteiger partial charge in [0.1, 0.15) is 18.4 Å². The third kappa shape index (κ3) is 5.80. The maximum Gasteiger partial charge on any atom is 0.410 e. The third-order valence-electron chi connectivity index (χ3n) is 4.44. The van der Waals surface area contributed by atoms with Crippen molar-refractivity contribution in [1.82, 2.24) is 10.2 Å². The van der Waals surface area contributed by atoms with E-state index in [1.54, 1.807) is 20.8 Å². The Bertz CT molecular complexity index is 689. The number of nitrogens with zero attached hydrogens (tertiary/aromatic N) is 1. The van der Waals surface area contributed by atoms with Crippen LogP contribution in [0.5, 0.6) is 0 Å². The quantitative estimate of drug-likeness (QED) is 0.624. The first-order valence-corrected chi connectivity index (χ1v) is 11.2. The Kier molecular flexibility index (Phi) is 8.48. The van der Waals surface area contributed by atoms with E-state index in [0.29, 0.717) is 19.4 Å². The van der Waals surface area contributed by atoms with E-state index < -0.39 is 25.5 Å². The van der Waals surface area contributed by atoms with Gasteiger partial charge < -0.3 is 19.1 Å². The monoisotopic (exact) mass is 412 g/mol. The van der Waals surface area contributed by atoms with Crippen molar-refractivity contribution >= 4 is 19.6 Å². The van der Waals surface area contributed by atoms with E-state index in [2.05, 4.69) is 5.32 Å². The largest absolute Gasteiger partial charge is 0.445 e. The van der Waals surface area contributed by atoms with Gasteiger partial charge in [-0.2, -0.15) is 0 Å². The summed E-state index contributed by atoms with van der Waals surface area (Å²) in [6.45, 7) is 6.00. The Morgan fingerprint density at radius 2 is 1.86 bits per heavy atom. The van der Waals surface area contributed by atoms with E-state index in [4.69, 9.17) is 13.8 Å². The van der Waals surface area contributed by atoms with E-state index in [1.165, 1.54) is 4.90 Å². The highest BCUT2D eigenvalue weighted by Gasteiger charge is 2.39. The summed E-state index contributed by atoms with van der Waals surface area (Å²) >= 11 is 0. The molecule has 0 aromatic heterocycles. The van der Waals surface area contributed by atoms with Crippen LogP contribution in [0.1, 0.15) is 39.2 Å². The Morgan fingerprint density at radius 3 is 2.46 bits per heavy atom. The average Bonchev–Trinajstić information content (AvgIpc) is 3.17. The van der Waals surface area contributed by atoms with Gasteiger partial charge in [-0.3, -0.25) is 14.3 Å². The Hall–Kier alpha value is -1.89. The predicted molar refractivity (Wildman–Crippen MR) is 105 cm³/mol. The van der Waals surface area contributed by atoms with Crippen LogP contribution < -0.4 is 5.32 Å². The molecule has 1 aromatic rings. The standard InChI is InChI=1S/C19H29N2O6P/c1-4-26-28(24,27-5-2)15(3)20-18(22)17-12-9-13-21(17)19(23)25-14-16-10-7-6-8-11-16/h6-8,10-11,15,17H,4-5,9,12-14H2,1-3H3,(H,20,22)/t15?,17-/m0/s1. The number of hydrogen-bond donors (Lipinski definition) is 1. The van der Waals surface area contributed by atoms with Crippen LogP contribution in [0, 0.1) is 0 Å². The van der Waals surface area contributed by atoms with Gasteiger partial charge in [-0.1, -0.05) is 30.3 Å². The van der Waals surface area contributed by atoms with Crippen LogP contribution in [0.4, 0.5) is 4.79 Å². The van der Waals surface area contributed by atoms with E-state index >= 15 is 0 Å². The number of nitrogens with one attached hydrogen (secondary N) is 1. The molecule has 2 rings (SSSR count). The molecule has 1 fully saturated rings. The summed E-state index contributed by atoms with van der Waals surface area (Å²) < 4.78 is 28.7. The van der Waals surface area contributed by atoms with Crippen LogP contribution in [0.15, 0.2) is 30.3 Å². The molecule has 1 heterocycles. The Morgan fingerprint density at radius 1 is 1.21 bits per heavy atom. The smallest absolute Gasteiger partial charge is 0.410 e. The Labute approximate surface area is 166 Å².